The third-order valence-electron chi connectivity index (χ3n) is 3.09. The Morgan fingerprint density at radius 1 is 1.10 bits per heavy atom. The molecule has 0 aliphatic carbocycles. The van der Waals surface area contributed by atoms with Crippen molar-refractivity contribution >= 4 is 11.7 Å². The Morgan fingerprint density at radius 2 is 1.75 bits per heavy atom. The summed E-state index contributed by atoms with van der Waals surface area (Å²) in [6.45, 7) is 2.47. The van der Waals surface area contributed by atoms with Gasteiger partial charge in [0.1, 0.15) is 0 Å². The largest absolute Gasteiger partial charge is 0.331 e. The van der Waals surface area contributed by atoms with Gasteiger partial charge in [0.2, 0.25) is 0 Å². The topological polar surface area (TPSA) is 67.2 Å². The highest BCUT2D eigenvalue weighted by atomic mass is 16.2. The molecule has 2 amide bonds. The van der Waals surface area contributed by atoms with Gasteiger partial charge in [-0.25, -0.2) is 4.79 Å². The minimum Gasteiger partial charge on any atom is -0.331 e. The van der Waals surface area contributed by atoms with Crippen molar-refractivity contribution in [2.24, 2.45) is 5.73 Å². The van der Waals surface area contributed by atoms with Crippen LogP contribution in [0.4, 0.5) is 10.5 Å². The Hall–Kier alpha value is -2.33. The molecule has 0 saturated heterocycles. The molecule has 2 aromatic rings. The summed E-state index contributed by atoms with van der Waals surface area (Å²) < 4.78 is 0. The van der Waals surface area contributed by atoms with E-state index in [0.717, 1.165) is 16.8 Å². The lowest BCUT2D eigenvalue weighted by atomic mass is 10.1. The predicted octanol–water partition coefficient (Wildman–Crippen LogP) is 3.03. The van der Waals surface area contributed by atoms with Crippen LogP contribution in [-0.2, 0) is 6.54 Å². The standard InChI is InChI=1S/C16H19N3O/c1-12(14-9-7-13(11-17)8-10-14)18-16(20)19-15-5-3-2-4-6-15/h2-10,12H,11,17H2,1H3,(H2,18,19,20). The van der Waals surface area contributed by atoms with E-state index in [2.05, 4.69) is 10.6 Å². The number of nitrogens with two attached hydrogens (primary N) is 1. The molecule has 4 nitrogen and oxygen atoms in total. The zero-order chi connectivity index (χ0) is 14.4. The lowest BCUT2D eigenvalue weighted by Gasteiger charge is -2.15. The molecule has 0 bridgehead atoms. The van der Waals surface area contributed by atoms with Crippen molar-refractivity contribution in [3.63, 3.8) is 0 Å². The van der Waals surface area contributed by atoms with Crippen LogP contribution in [0.5, 0.6) is 0 Å². The fourth-order valence-corrected chi connectivity index (χ4v) is 1.91. The lowest BCUT2D eigenvalue weighted by Crippen LogP contribution is -2.31. The fraction of sp³-hybridized carbons (Fsp3) is 0.188. The normalized spacial score (nSPS) is 11.7. The number of benzene rings is 2. The molecule has 104 valence electrons. The van der Waals surface area contributed by atoms with Crippen molar-refractivity contribution < 1.29 is 4.79 Å². The molecular formula is C16H19N3O. The van der Waals surface area contributed by atoms with Crippen LogP contribution in [0.1, 0.15) is 24.1 Å². The van der Waals surface area contributed by atoms with Gasteiger partial charge < -0.3 is 16.4 Å². The molecule has 0 aliphatic heterocycles. The van der Waals surface area contributed by atoms with Gasteiger partial charge in [0, 0.05) is 12.2 Å². The van der Waals surface area contributed by atoms with E-state index in [9.17, 15) is 4.79 Å². The smallest absolute Gasteiger partial charge is 0.319 e. The van der Waals surface area contributed by atoms with Crippen LogP contribution in [0.2, 0.25) is 0 Å². The van der Waals surface area contributed by atoms with Crippen LogP contribution in [0.15, 0.2) is 54.6 Å². The van der Waals surface area contributed by atoms with Crippen LogP contribution < -0.4 is 16.4 Å². The van der Waals surface area contributed by atoms with Gasteiger partial charge in [0.25, 0.3) is 0 Å². The third-order valence-corrected chi connectivity index (χ3v) is 3.09. The zero-order valence-electron chi connectivity index (χ0n) is 11.5. The molecule has 2 rings (SSSR count). The number of carbonyl (C=O) groups excluding carboxylic acids is 1. The van der Waals surface area contributed by atoms with Crippen molar-refractivity contribution in [1.29, 1.82) is 0 Å². The number of carbonyl (C=O) groups is 1. The highest BCUT2D eigenvalue weighted by Gasteiger charge is 2.09. The first-order valence-electron chi connectivity index (χ1n) is 6.60. The summed E-state index contributed by atoms with van der Waals surface area (Å²) in [4.78, 5) is 11.9. The molecule has 0 aromatic heterocycles. The van der Waals surface area contributed by atoms with Crippen molar-refractivity contribution in [2.45, 2.75) is 19.5 Å². The lowest BCUT2D eigenvalue weighted by molar-refractivity contribution is 0.249. The average Bonchev–Trinajstić information content (AvgIpc) is 2.48. The van der Waals surface area contributed by atoms with Gasteiger partial charge in [-0.2, -0.15) is 0 Å². The maximum atomic E-state index is 11.9. The van der Waals surface area contributed by atoms with Crippen molar-refractivity contribution in [3.8, 4) is 0 Å². The van der Waals surface area contributed by atoms with Crippen molar-refractivity contribution in [1.82, 2.24) is 5.32 Å². The molecule has 20 heavy (non-hydrogen) atoms. The molecule has 4 heteroatoms. The summed E-state index contributed by atoms with van der Waals surface area (Å²) in [5, 5.41) is 5.70. The maximum absolute atomic E-state index is 11.9. The molecule has 4 N–H and O–H groups in total. The first-order chi connectivity index (χ1) is 9.69. The van der Waals surface area contributed by atoms with E-state index in [1.807, 2.05) is 61.5 Å². The second-order valence-electron chi connectivity index (χ2n) is 4.63. The van der Waals surface area contributed by atoms with E-state index in [0.29, 0.717) is 6.54 Å². The summed E-state index contributed by atoms with van der Waals surface area (Å²) in [6.07, 6.45) is 0. The number of hydrogen-bond donors (Lipinski definition) is 3. The molecule has 0 saturated carbocycles. The summed E-state index contributed by atoms with van der Waals surface area (Å²) >= 11 is 0. The van der Waals surface area contributed by atoms with E-state index in [1.54, 1.807) is 0 Å². The van der Waals surface area contributed by atoms with Gasteiger partial charge in [-0.3, -0.25) is 0 Å². The van der Waals surface area contributed by atoms with Crippen molar-refractivity contribution in [3.05, 3.63) is 65.7 Å². The molecule has 0 fully saturated rings. The van der Waals surface area contributed by atoms with Crippen LogP contribution in [0, 0.1) is 0 Å². The van der Waals surface area contributed by atoms with Crippen LogP contribution in [0.3, 0.4) is 0 Å². The number of hydrogen-bond acceptors (Lipinski definition) is 2. The van der Waals surface area contributed by atoms with Gasteiger partial charge in [-0.15, -0.1) is 0 Å². The van der Waals surface area contributed by atoms with Gasteiger partial charge in [-0.1, -0.05) is 42.5 Å². The number of urea groups is 1. The summed E-state index contributed by atoms with van der Waals surface area (Å²) in [5.41, 5.74) is 8.46. The summed E-state index contributed by atoms with van der Waals surface area (Å²) in [5.74, 6) is 0. The Kier molecular flexibility index (Phi) is 4.74. The molecule has 2 aromatic carbocycles. The Morgan fingerprint density at radius 3 is 2.35 bits per heavy atom. The van der Waals surface area contributed by atoms with Gasteiger partial charge >= 0.3 is 6.03 Å². The quantitative estimate of drug-likeness (QED) is 0.798. The molecule has 1 atom stereocenters. The molecule has 0 radical (unpaired) electrons. The Balaban J connectivity index is 1.93. The summed E-state index contributed by atoms with van der Waals surface area (Å²) in [7, 11) is 0. The SMILES string of the molecule is CC(NC(=O)Nc1ccccc1)c1ccc(CN)cc1. The summed E-state index contributed by atoms with van der Waals surface area (Å²) in [6, 6.07) is 17.0. The minimum absolute atomic E-state index is 0.0643. The van der Waals surface area contributed by atoms with Gasteiger partial charge in [0.05, 0.1) is 6.04 Å². The third kappa shape index (κ3) is 3.83. The van der Waals surface area contributed by atoms with E-state index in [1.165, 1.54) is 0 Å². The number of rotatable bonds is 4. The van der Waals surface area contributed by atoms with E-state index >= 15 is 0 Å². The number of amides is 2. The van der Waals surface area contributed by atoms with E-state index < -0.39 is 0 Å². The van der Waals surface area contributed by atoms with Crippen LogP contribution in [-0.4, -0.2) is 6.03 Å². The minimum atomic E-state index is -0.216. The number of para-hydroxylation sites is 1. The van der Waals surface area contributed by atoms with Crippen molar-refractivity contribution in [2.75, 3.05) is 5.32 Å². The molecule has 0 heterocycles. The Labute approximate surface area is 119 Å². The van der Waals surface area contributed by atoms with Crippen LogP contribution >= 0.6 is 0 Å². The first kappa shape index (κ1) is 14.1. The highest BCUT2D eigenvalue weighted by Crippen LogP contribution is 2.13. The van der Waals surface area contributed by atoms with E-state index in [4.69, 9.17) is 5.73 Å². The molecule has 0 spiro atoms. The monoisotopic (exact) mass is 269 g/mol. The fourth-order valence-electron chi connectivity index (χ4n) is 1.91. The molecule has 1 unspecified atom stereocenters. The number of anilines is 1. The Bertz CT molecular complexity index is 552. The van der Waals surface area contributed by atoms with E-state index in [-0.39, 0.29) is 12.1 Å². The second kappa shape index (κ2) is 6.73. The van der Waals surface area contributed by atoms with Crippen LogP contribution in [0.25, 0.3) is 0 Å². The first-order valence-corrected chi connectivity index (χ1v) is 6.60. The maximum Gasteiger partial charge on any atom is 0.319 e. The zero-order valence-corrected chi connectivity index (χ0v) is 11.5. The average molecular weight is 269 g/mol. The number of nitrogens with one attached hydrogen (secondary N) is 2. The predicted molar refractivity (Wildman–Crippen MR) is 81.3 cm³/mol. The molecule has 0 aliphatic rings. The highest BCUT2D eigenvalue weighted by molar-refractivity contribution is 5.89. The second-order valence-corrected chi connectivity index (χ2v) is 4.63. The van der Waals surface area contributed by atoms with Gasteiger partial charge in [-0.05, 0) is 30.2 Å². The molecular weight excluding hydrogens is 250 g/mol. The van der Waals surface area contributed by atoms with Gasteiger partial charge in [0.15, 0.2) is 0 Å².